The number of ether oxygens (including phenoxy) is 2. The highest BCUT2D eigenvalue weighted by Crippen LogP contribution is 2.35. The Bertz CT molecular complexity index is 1040. The Morgan fingerprint density at radius 1 is 1.11 bits per heavy atom. The Morgan fingerprint density at radius 3 is 2.39 bits per heavy atom. The quantitative estimate of drug-likeness (QED) is 0.659. The molecule has 0 aliphatic heterocycles. The number of amides is 1. The minimum absolute atomic E-state index is 0.0690. The van der Waals surface area contributed by atoms with Crippen LogP contribution in [0.2, 0.25) is 0 Å². The number of halogens is 3. The lowest BCUT2D eigenvalue weighted by atomic mass is 10.2. The summed E-state index contributed by atoms with van der Waals surface area (Å²) < 4.78 is 54.4. The van der Waals surface area contributed by atoms with Gasteiger partial charge in [0, 0.05) is 18.3 Å². The van der Waals surface area contributed by atoms with Gasteiger partial charge in [-0.2, -0.15) is 13.2 Å². The van der Waals surface area contributed by atoms with Crippen LogP contribution < -0.4 is 14.4 Å². The lowest BCUT2D eigenvalue weighted by molar-refractivity contribution is -0.170. The highest BCUT2D eigenvalue weighted by Gasteiger charge is 2.41. The van der Waals surface area contributed by atoms with Gasteiger partial charge in [-0.25, -0.2) is 4.98 Å². The van der Waals surface area contributed by atoms with Crippen molar-refractivity contribution in [3.8, 4) is 23.0 Å². The van der Waals surface area contributed by atoms with Crippen molar-refractivity contribution in [3.63, 3.8) is 0 Å². The van der Waals surface area contributed by atoms with Crippen LogP contribution in [0.4, 0.5) is 18.9 Å². The average molecular weight is 394 g/mol. The van der Waals surface area contributed by atoms with Crippen molar-refractivity contribution in [2.24, 2.45) is 0 Å². The van der Waals surface area contributed by atoms with Crippen LogP contribution in [0.5, 0.6) is 11.5 Å². The van der Waals surface area contributed by atoms with Crippen molar-refractivity contribution >= 4 is 22.7 Å². The Balaban J connectivity index is 2.05. The second kappa shape index (κ2) is 7.06. The fourth-order valence-corrected chi connectivity index (χ4v) is 2.78. The molecule has 0 N–H and O–H groups in total. The van der Waals surface area contributed by atoms with E-state index in [1.54, 1.807) is 25.1 Å². The highest BCUT2D eigenvalue weighted by atomic mass is 19.4. The number of fused-ring (bicyclic) bond motifs is 1. The van der Waals surface area contributed by atoms with Crippen molar-refractivity contribution in [3.05, 3.63) is 35.9 Å². The van der Waals surface area contributed by atoms with Gasteiger partial charge in [-0.15, -0.1) is 0 Å². The van der Waals surface area contributed by atoms with Crippen molar-refractivity contribution in [1.82, 2.24) is 4.98 Å². The number of aryl methyl sites for hydroxylation is 1. The standard InChI is InChI=1S/C19H17F3N2O4/c1-10-7-12(24(2)18(25)19(20,21)22)9-13-16(10)28-17(23-13)11-5-6-14(26-3)15(8-11)27-4/h5-9H,1-4H3. The van der Waals surface area contributed by atoms with Gasteiger partial charge in [0.25, 0.3) is 0 Å². The van der Waals surface area contributed by atoms with Gasteiger partial charge in [-0.05, 0) is 42.8 Å². The van der Waals surface area contributed by atoms with Gasteiger partial charge >= 0.3 is 12.1 Å². The number of carbonyl (C=O) groups is 1. The third kappa shape index (κ3) is 3.47. The Kier molecular flexibility index (Phi) is 4.93. The number of benzene rings is 2. The van der Waals surface area contributed by atoms with Crippen LogP contribution in [0.25, 0.3) is 22.6 Å². The maximum atomic E-state index is 12.7. The van der Waals surface area contributed by atoms with E-state index < -0.39 is 12.1 Å². The molecule has 28 heavy (non-hydrogen) atoms. The normalized spacial score (nSPS) is 11.5. The molecule has 1 aromatic heterocycles. The van der Waals surface area contributed by atoms with Gasteiger partial charge < -0.3 is 18.8 Å². The number of methoxy groups -OCH3 is 2. The second-order valence-electron chi connectivity index (χ2n) is 6.06. The summed E-state index contributed by atoms with van der Waals surface area (Å²) in [7, 11) is 4.07. The molecule has 0 atom stereocenters. The molecule has 6 nitrogen and oxygen atoms in total. The van der Waals surface area contributed by atoms with Crippen molar-refractivity contribution < 1.29 is 31.9 Å². The fourth-order valence-electron chi connectivity index (χ4n) is 2.78. The summed E-state index contributed by atoms with van der Waals surface area (Å²) in [6.07, 6.45) is -4.97. The second-order valence-corrected chi connectivity index (χ2v) is 6.06. The van der Waals surface area contributed by atoms with Crippen LogP contribution in [0.15, 0.2) is 34.7 Å². The lowest BCUT2D eigenvalue weighted by Gasteiger charge is -2.19. The molecule has 3 aromatic rings. The summed E-state index contributed by atoms with van der Waals surface area (Å²) in [6.45, 7) is 1.67. The highest BCUT2D eigenvalue weighted by molar-refractivity contribution is 5.98. The van der Waals surface area contributed by atoms with Crippen LogP contribution >= 0.6 is 0 Å². The number of oxazole rings is 1. The Morgan fingerprint density at radius 2 is 1.79 bits per heavy atom. The lowest BCUT2D eigenvalue weighted by Crippen LogP contribution is -2.38. The molecule has 0 aliphatic carbocycles. The minimum Gasteiger partial charge on any atom is -0.493 e. The largest absolute Gasteiger partial charge is 0.493 e. The van der Waals surface area contributed by atoms with Crippen LogP contribution in [-0.2, 0) is 4.79 Å². The van der Waals surface area contributed by atoms with E-state index in [2.05, 4.69) is 4.98 Å². The van der Waals surface area contributed by atoms with Gasteiger partial charge in [0.05, 0.1) is 14.2 Å². The zero-order valence-corrected chi connectivity index (χ0v) is 15.5. The third-order valence-corrected chi connectivity index (χ3v) is 4.23. The molecule has 1 amide bonds. The van der Waals surface area contributed by atoms with Crippen LogP contribution in [0, 0.1) is 6.92 Å². The summed E-state index contributed by atoms with van der Waals surface area (Å²) in [5.74, 6) is -0.681. The number of carbonyl (C=O) groups excluding carboxylic acids is 1. The Labute approximate surface area is 158 Å². The third-order valence-electron chi connectivity index (χ3n) is 4.23. The van der Waals surface area contributed by atoms with E-state index in [-0.39, 0.29) is 11.6 Å². The van der Waals surface area contributed by atoms with Gasteiger partial charge in [-0.1, -0.05) is 0 Å². The van der Waals surface area contributed by atoms with Gasteiger partial charge in [0.2, 0.25) is 5.89 Å². The van der Waals surface area contributed by atoms with E-state index in [0.717, 1.165) is 7.05 Å². The topological polar surface area (TPSA) is 64.8 Å². The van der Waals surface area contributed by atoms with Gasteiger partial charge in [0.1, 0.15) is 5.52 Å². The monoisotopic (exact) mass is 394 g/mol. The minimum atomic E-state index is -4.97. The first-order valence-electron chi connectivity index (χ1n) is 8.14. The molecule has 2 aromatic carbocycles. The summed E-state index contributed by atoms with van der Waals surface area (Å²) in [5, 5.41) is 0. The number of alkyl halides is 3. The van der Waals surface area contributed by atoms with E-state index in [1.165, 1.54) is 26.4 Å². The summed E-state index contributed by atoms with van der Waals surface area (Å²) in [6, 6.07) is 7.91. The number of anilines is 1. The number of rotatable bonds is 4. The molecule has 0 spiro atoms. The maximum absolute atomic E-state index is 12.7. The van der Waals surface area contributed by atoms with E-state index in [1.807, 2.05) is 0 Å². The van der Waals surface area contributed by atoms with Crippen LogP contribution in [-0.4, -0.2) is 38.3 Å². The average Bonchev–Trinajstić information content (AvgIpc) is 3.10. The molecule has 0 fully saturated rings. The van der Waals surface area contributed by atoms with Crippen LogP contribution in [0.1, 0.15) is 5.56 Å². The van der Waals surface area contributed by atoms with Crippen LogP contribution in [0.3, 0.4) is 0 Å². The summed E-state index contributed by atoms with van der Waals surface area (Å²) >= 11 is 0. The zero-order valence-electron chi connectivity index (χ0n) is 15.5. The molecule has 0 radical (unpaired) electrons. The number of hydrogen-bond acceptors (Lipinski definition) is 5. The smallest absolute Gasteiger partial charge is 0.471 e. The number of aromatic nitrogens is 1. The molecule has 3 rings (SSSR count). The molecular formula is C19H17F3N2O4. The van der Waals surface area contributed by atoms with E-state index >= 15 is 0 Å². The molecule has 9 heteroatoms. The number of hydrogen-bond donors (Lipinski definition) is 0. The van der Waals surface area contributed by atoms with E-state index in [0.29, 0.717) is 38.6 Å². The molecular weight excluding hydrogens is 377 g/mol. The van der Waals surface area contributed by atoms with E-state index in [9.17, 15) is 18.0 Å². The van der Waals surface area contributed by atoms with Crippen molar-refractivity contribution in [1.29, 1.82) is 0 Å². The first-order chi connectivity index (χ1) is 13.2. The first-order valence-corrected chi connectivity index (χ1v) is 8.14. The number of nitrogens with zero attached hydrogens (tertiary/aromatic N) is 2. The van der Waals surface area contributed by atoms with Crippen molar-refractivity contribution in [2.75, 3.05) is 26.2 Å². The zero-order chi connectivity index (χ0) is 20.6. The van der Waals surface area contributed by atoms with Gasteiger partial charge in [-0.3, -0.25) is 4.79 Å². The summed E-state index contributed by atoms with van der Waals surface area (Å²) in [5.41, 5.74) is 1.98. The van der Waals surface area contributed by atoms with E-state index in [4.69, 9.17) is 13.9 Å². The first kappa shape index (κ1) is 19.5. The molecule has 1 heterocycles. The SMILES string of the molecule is COc1ccc(-c2nc3cc(N(C)C(=O)C(F)(F)F)cc(C)c3o2)cc1OC. The molecule has 148 valence electrons. The maximum Gasteiger partial charge on any atom is 0.471 e. The molecule has 0 aliphatic rings. The van der Waals surface area contributed by atoms with Crippen molar-refractivity contribution in [2.45, 2.75) is 13.1 Å². The van der Waals surface area contributed by atoms with Gasteiger partial charge in [0.15, 0.2) is 17.1 Å². The summed E-state index contributed by atoms with van der Waals surface area (Å²) in [4.78, 5) is 16.4. The Hall–Kier alpha value is -3.23. The molecule has 0 saturated heterocycles. The predicted octanol–water partition coefficient (Wildman–Crippen LogP) is 4.35. The fraction of sp³-hybridized carbons (Fsp3) is 0.263. The molecule has 0 unspecified atom stereocenters. The molecule has 0 saturated carbocycles. The molecule has 0 bridgehead atoms. The predicted molar refractivity (Wildman–Crippen MR) is 96.8 cm³/mol.